The number of nitrogens with one attached hydrogen (secondary N) is 2. The summed E-state index contributed by atoms with van der Waals surface area (Å²) in [4.78, 5) is 3.78. The number of hydrogen-bond acceptors (Lipinski definition) is 4. The van der Waals surface area contributed by atoms with Crippen molar-refractivity contribution in [2.24, 2.45) is 0 Å². The van der Waals surface area contributed by atoms with Gasteiger partial charge in [0, 0.05) is 6.20 Å². The second-order valence-electron chi connectivity index (χ2n) is 5.20. The van der Waals surface area contributed by atoms with Crippen molar-refractivity contribution in [3.05, 3.63) is 52.7 Å². The van der Waals surface area contributed by atoms with E-state index in [4.69, 9.17) is 11.6 Å². The second-order valence-corrected chi connectivity index (χ2v) is 7.49. The van der Waals surface area contributed by atoms with Crippen LogP contribution in [0, 0.1) is 0 Å². The summed E-state index contributed by atoms with van der Waals surface area (Å²) in [7, 11) is -2.30. The van der Waals surface area contributed by atoms with Crippen LogP contribution in [0.2, 0.25) is 5.02 Å². The summed E-state index contributed by atoms with van der Waals surface area (Å²) in [6.45, 7) is 1.71. The molecule has 1 aromatic heterocycles. The molecule has 5 nitrogen and oxygen atoms in total. The normalized spacial score (nSPS) is 13.5. The molecule has 0 aliphatic carbocycles. The Labute approximate surface area is 148 Å². The summed E-state index contributed by atoms with van der Waals surface area (Å²) in [5.74, 6) is 0.0732. The number of hydrogen-bond donors (Lipinski definition) is 2. The molecular formula is C15H15ClF3N3O2S. The maximum atomic E-state index is 12.6. The molecule has 1 unspecified atom stereocenters. The Hall–Kier alpha value is -1.84. The highest BCUT2D eigenvalue weighted by molar-refractivity contribution is 7.89. The Kier molecular flexibility index (Phi) is 5.60. The van der Waals surface area contributed by atoms with E-state index >= 15 is 0 Å². The van der Waals surface area contributed by atoms with Crippen LogP contribution in [0.15, 0.2) is 41.4 Å². The SMILES string of the molecule is CNS(=O)(=O)c1cccc(C(C)Nc2ncc(C(F)(F)F)cc2Cl)c1. The fraction of sp³-hybridized carbons (Fsp3) is 0.267. The van der Waals surface area contributed by atoms with Gasteiger partial charge in [0.05, 0.1) is 21.5 Å². The van der Waals surface area contributed by atoms with Crippen LogP contribution in [0.3, 0.4) is 0 Å². The molecule has 0 amide bonds. The van der Waals surface area contributed by atoms with Crippen molar-refractivity contribution in [3.63, 3.8) is 0 Å². The molecule has 1 atom stereocenters. The third-order valence-corrected chi connectivity index (χ3v) is 5.16. The van der Waals surface area contributed by atoms with Gasteiger partial charge in [-0.15, -0.1) is 0 Å². The van der Waals surface area contributed by atoms with E-state index in [1.54, 1.807) is 19.1 Å². The zero-order valence-corrected chi connectivity index (χ0v) is 14.8. The number of halogens is 4. The van der Waals surface area contributed by atoms with Gasteiger partial charge < -0.3 is 5.32 Å². The fourth-order valence-corrected chi connectivity index (χ4v) is 3.06. The molecule has 0 saturated carbocycles. The number of sulfonamides is 1. The van der Waals surface area contributed by atoms with Gasteiger partial charge in [0.25, 0.3) is 0 Å². The Morgan fingerprint density at radius 3 is 2.48 bits per heavy atom. The Balaban J connectivity index is 2.26. The van der Waals surface area contributed by atoms with Gasteiger partial charge in [0.15, 0.2) is 0 Å². The van der Waals surface area contributed by atoms with Gasteiger partial charge >= 0.3 is 6.18 Å². The number of rotatable bonds is 5. The summed E-state index contributed by atoms with van der Waals surface area (Å²) in [5.41, 5.74) is -0.341. The molecule has 0 saturated heterocycles. The summed E-state index contributed by atoms with van der Waals surface area (Å²) < 4.78 is 63.8. The van der Waals surface area contributed by atoms with Gasteiger partial charge in [-0.05, 0) is 37.7 Å². The lowest BCUT2D eigenvalue weighted by Crippen LogP contribution is -2.19. The standard InChI is InChI=1S/C15H15ClF3N3O2S/c1-9(10-4-3-5-12(6-10)25(23,24)20-2)22-14-13(16)7-11(8-21-14)15(17,18)19/h3-9,20H,1-2H3,(H,21,22). The van der Waals surface area contributed by atoms with E-state index in [2.05, 4.69) is 15.0 Å². The molecule has 10 heteroatoms. The van der Waals surface area contributed by atoms with Gasteiger partial charge in [-0.2, -0.15) is 13.2 Å². The van der Waals surface area contributed by atoms with Gasteiger partial charge in [-0.1, -0.05) is 23.7 Å². The smallest absolute Gasteiger partial charge is 0.362 e. The molecule has 2 rings (SSSR count). The molecule has 1 heterocycles. The van der Waals surface area contributed by atoms with Crippen LogP contribution in [-0.2, 0) is 16.2 Å². The number of anilines is 1. The monoisotopic (exact) mass is 393 g/mol. The van der Waals surface area contributed by atoms with E-state index in [-0.39, 0.29) is 15.7 Å². The minimum Gasteiger partial charge on any atom is -0.362 e. The van der Waals surface area contributed by atoms with Crippen molar-refractivity contribution >= 4 is 27.4 Å². The maximum absolute atomic E-state index is 12.6. The fourth-order valence-electron chi connectivity index (χ4n) is 2.06. The number of aromatic nitrogens is 1. The molecule has 0 spiro atoms. The minimum atomic E-state index is -4.53. The van der Waals surface area contributed by atoms with Crippen LogP contribution >= 0.6 is 11.6 Å². The Morgan fingerprint density at radius 2 is 1.92 bits per heavy atom. The zero-order chi connectivity index (χ0) is 18.8. The minimum absolute atomic E-state index is 0.0732. The average molecular weight is 394 g/mol. The molecular weight excluding hydrogens is 379 g/mol. The van der Waals surface area contributed by atoms with Crippen LogP contribution in [0.5, 0.6) is 0 Å². The molecule has 2 aromatic rings. The number of benzene rings is 1. The van der Waals surface area contributed by atoms with E-state index < -0.39 is 27.8 Å². The second kappa shape index (κ2) is 7.19. The molecule has 0 bridgehead atoms. The number of pyridine rings is 1. The first-order valence-electron chi connectivity index (χ1n) is 7.07. The topological polar surface area (TPSA) is 71.1 Å². The van der Waals surface area contributed by atoms with Crippen molar-refractivity contribution in [2.75, 3.05) is 12.4 Å². The maximum Gasteiger partial charge on any atom is 0.417 e. The van der Waals surface area contributed by atoms with E-state index in [1.165, 1.54) is 19.2 Å². The summed E-state index contributed by atoms with van der Waals surface area (Å²) in [6.07, 6.45) is -3.85. The lowest BCUT2D eigenvalue weighted by molar-refractivity contribution is -0.137. The average Bonchev–Trinajstić information content (AvgIpc) is 2.55. The highest BCUT2D eigenvalue weighted by Gasteiger charge is 2.31. The van der Waals surface area contributed by atoms with Crippen molar-refractivity contribution < 1.29 is 21.6 Å². The first-order valence-corrected chi connectivity index (χ1v) is 8.93. The quantitative estimate of drug-likeness (QED) is 0.809. The Bertz CT molecular complexity index is 873. The van der Waals surface area contributed by atoms with E-state index in [1.807, 2.05) is 0 Å². The lowest BCUT2D eigenvalue weighted by Gasteiger charge is -2.17. The van der Waals surface area contributed by atoms with E-state index in [9.17, 15) is 21.6 Å². The van der Waals surface area contributed by atoms with Crippen molar-refractivity contribution in [1.82, 2.24) is 9.71 Å². The van der Waals surface area contributed by atoms with Crippen molar-refractivity contribution in [2.45, 2.75) is 24.0 Å². The summed E-state index contributed by atoms with van der Waals surface area (Å²) >= 11 is 5.86. The van der Waals surface area contributed by atoms with Crippen molar-refractivity contribution in [3.8, 4) is 0 Å². The summed E-state index contributed by atoms with van der Waals surface area (Å²) in [6, 6.07) is 6.50. The van der Waals surface area contributed by atoms with E-state index in [0.717, 1.165) is 6.07 Å². The molecule has 0 radical (unpaired) electrons. The number of nitrogens with zero attached hydrogens (tertiary/aromatic N) is 1. The highest BCUT2D eigenvalue weighted by Crippen LogP contribution is 2.33. The molecule has 136 valence electrons. The third-order valence-electron chi connectivity index (χ3n) is 3.46. The number of alkyl halides is 3. The first kappa shape index (κ1) is 19.5. The van der Waals surface area contributed by atoms with Crippen LogP contribution in [0.4, 0.5) is 19.0 Å². The van der Waals surface area contributed by atoms with Gasteiger partial charge in [-0.25, -0.2) is 18.1 Å². The molecule has 0 aliphatic rings. The van der Waals surface area contributed by atoms with Crippen molar-refractivity contribution in [1.29, 1.82) is 0 Å². The lowest BCUT2D eigenvalue weighted by atomic mass is 10.1. The molecule has 0 aliphatic heterocycles. The summed E-state index contributed by atoms with van der Waals surface area (Å²) in [5, 5.41) is 2.70. The molecule has 1 aromatic carbocycles. The zero-order valence-electron chi connectivity index (χ0n) is 13.2. The van der Waals surface area contributed by atoms with Crippen LogP contribution in [-0.4, -0.2) is 20.4 Å². The van der Waals surface area contributed by atoms with Gasteiger partial charge in [-0.3, -0.25) is 0 Å². The largest absolute Gasteiger partial charge is 0.417 e. The molecule has 25 heavy (non-hydrogen) atoms. The van der Waals surface area contributed by atoms with Gasteiger partial charge in [0.2, 0.25) is 10.0 Å². The molecule has 0 fully saturated rings. The molecule has 2 N–H and O–H groups in total. The van der Waals surface area contributed by atoms with Crippen LogP contribution in [0.25, 0.3) is 0 Å². The van der Waals surface area contributed by atoms with E-state index in [0.29, 0.717) is 11.8 Å². The van der Waals surface area contributed by atoms with Crippen LogP contribution < -0.4 is 10.0 Å². The third kappa shape index (κ3) is 4.62. The Morgan fingerprint density at radius 1 is 1.24 bits per heavy atom. The predicted molar refractivity (Wildman–Crippen MR) is 89.0 cm³/mol. The van der Waals surface area contributed by atoms with Crippen LogP contribution in [0.1, 0.15) is 24.1 Å². The predicted octanol–water partition coefficient (Wildman–Crippen LogP) is 3.84. The first-order chi connectivity index (χ1) is 11.5. The highest BCUT2D eigenvalue weighted by atomic mass is 35.5. The van der Waals surface area contributed by atoms with Gasteiger partial charge in [0.1, 0.15) is 5.82 Å².